The molecule has 2 aromatic rings. The molecule has 2 N–H and O–H groups in total. The fourth-order valence-corrected chi connectivity index (χ4v) is 2.59. The van der Waals surface area contributed by atoms with Crippen LogP contribution in [0, 0.1) is 11.3 Å². The summed E-state index contributed by atoms with van der Waals surface area (Å²) < 4.78 is 5.10. The summed E-state index contributed by atoms with van der Waals surface area (Å²) in [6.07, 6.45) is 0.714. The van der Waals surface area contributed by atoms with Crippen LogP contribution in [0.5, 0.6) is 0 Å². The first-order valence-corrected chi connectivity index (χ1v) is 7.96. The molecule has 0 aliphatic heterocycles. The van der Waals surface area contributed by atoms with Crippen LogP contribution in [0.4, 0.5) is 5.00 Å². The van der Waals surface area contributed by atoms with Crippen LogP contribution in [0.15, 0.2) is 17.5 Å². The number of H-pyrrole nitrogens is 1. The fourth-order valence-electron chi connectivity index (χ4n) is 1.85. The van der Waals surface area contributed by atoms with Gasteiger partial charge in [0.25, 0.3) is 5.91 Å². The van der Waals surface area contributed by atoms with Crippen LogP contribution in [-0.2, 0) is 16.0 Å². The van der Waals surface area contributed by atoms with E-state index in [4.69, 9.17) is 10.00 Å². The van der Waals surface area contributed by atoms with Crippen molar-refractivity contribution in [2.24, 2.45) is 0 Å². The number of ether oxygens (including phenoxy) is 1. The Morgan fingerprint density at radius 3 is 3.04 bits per heavy atom. The third-order valence-corrected chi connectivity index (χ3v) is 3.86. The Balaban J connectivity index is 1.94. The summed E-state index contributed by atoms with van der Waals surface area (Å²) in [4.78, 5) is 24.0. The maximum Gasteiger partial charge on any atom is 0.359 e. The molecule has 1 amide bonds. The van der Waals surface area contributed by atoms with Crippen molar-refractivity contribution in [1.82, 2.24) is 10.2 Å². The van der Waals surface area contributed by atoms with E-state index in [1.54, 1.807) is 17.5 Å². The number of aryl methyl sites for hydroxylation is 1. The fraction of sp³-hybridized carbons (Fsp3) is 0.333. The maximum absolute atomic E-state index is 12.0. The second-order valence-electron chi connectivity index (χ2n) is 4.84. The molecule has 120 valence electrons. The molecule has 0 spiro atoms. The van der Waals surface area contributed by atoms with Gasteiger partial charge in [-0.1, -0.05) is 13.3 Å². The van der Waals surface area contributed by atoms with E-state index in [0.29, 0.717) is 10.6 Å². The largest absolute Gasteiger partial charge is 0.448 e. The number of hydrogen-bond donors (Lipinski definition) is 2. The van der Waals surface area contributed by atoms with E-state index in [1.807, 2.05) is 13.0 Å². The third kappa shape index (κ3) is 4.17. The molecule has 0 saturated heterocycles. The van der Waals surface area contributed by atoms with E-state index in [0.717, 1.165) is 18.5 Å². The Kier molecular flexibility index (Phi) is 5.49. The second-order valence-corrected chi connectivity index (χ2v) is 5.76. The topological polar surface area (TPSA) is 108 Å². The lowest BCUT2D eigenvalue weighted by Gasteiger charge is -2.11. The number of nitrogens with one attached hydrogen (secondary N) is 2. The van der Waals surface area contributed by atoms with Gasteiger partial charge in [0.15, 0.2) is 11.8 Å². The Morgan fingerprint density at radius 1 is 1.57 bits per heavy atom. The molecule has 0 aliphatic rings. The molecule has 1 unspecified atom stereocenters. The van der Waals surface area contributed by atoms with E-state index in [9.17, 15) is 9.59 Å². The first-order chi connectivity index (χ1) is 11.0. The second kappa shape index (κ2) is 7.56. The van der Waals surface area contributed by atoms with Gasteiger partial charge in [0, 0.05) is 5.69 Å². The number of carbonyl (C=O) groups is 2. The SMILES string of the molecule is CCCc1cc(C(=O)OC(C)C(=O)Nc2sccc2C#N)n[nH]1. The molecule has 7 nitrogen and oxygen atoms in total. The zero-order chi connectivity index (χ0) is 16.8. The number of anilines is 1. The third-order valence-electron chi connectivity index (χ3n) is 3.03. The number of aromatic nitrogens is 2. The van der Waals surface area contributed by atoms with Crippen LogP contribution >= 0.6 is 11.3 Å². The molecule has 0 saturated carbocycles. The zero-order valence-corrected chi connectivity index (χ0v) is 13.6. The number of hydrogen-bond acceptors (Lipinski definition) is 6. The summed E-state index contributed by atoms with van der Waals surface area (Å²) in [5.74, 6) is -1.17. The van der Waals surface area contributed by atoms with Crippen LogP contribution in [0.2, 0.25) is 0 Å². The first kappa shape index (κ1) is 16.7. The van der Waals surface area contributed by atoms with Crippen molar-refractivity contribution in [3.8, 4) is 6.07 Å². The summed E-state index contributed by atoms with van der Waals surface area (Å²) in [5.41, 5.74) is 1.36. The Bertz CT molecular complexity index is 744. The normalized spacial score (nSPS) is 11.5. The molecule has 0 aliphatic carbocycles. The van der Waals surface area contributed by atoms with Gasteiger partial charge in [-0.2, -0.15) is 10.4 Å². The van der Waals surface area contributed by atoms with Gasteiger partial charge < -0.3 is 10.1 Å². The zero-order valence-electron chi connectivity index (χ0n) is 12.8. The van der Waals surface area contributed by atoms with Gasteiger partial charge in [0.2, 0.25) is 0 Å². The molecule has 8 heteroatoms. The molecule has 1 atom stereocenters. The first-order valence-electron chi connectivity index (χ1n) is 7.08. The summed E-state index contributed by atoms with van der Waals surface area (Å²) in [6.45, 7) is 3.48. The van der Waals surface area contributed by atoms with Gasteiger partial charge >= 0.3 is 5.97 Å². The predicted molar refractivity (Wildman–Crippen MR) is 85.1 cm³/mol. The smallest absolute Gasteiger partial charge is 0.359 e. The minimum Gasteiger partial charge on any atom is -0.448 e. The average Bonchev–Trinajstić information content (AvgIpc) is 3.16. The number of carbonyl (C=O) groups excluding carboxylic acids is 2. The van der Waals surface area contributed by atoms with E-state index in [2.05, 4.69) is 15.5 Å². The lowest BCUT2D eigenvalue weighted by Crippen LogP contribution is -2.30. The molecule has 2 heterocycles. The minimum absolute atomic E-state index is 0.141. The molecular weight excluding hydrogens is 316 g/mol. The predicted octanol–water partition coefficient (Wildman–Crippen LogP) is 2.48. The minimum atomic E-state index is -0.998. The maximum atomic E-state index is 12.0. The monoisotopic (exact) mass is 332 g/mol. The summed E-state index contributed by atoms with van der Waals surface area (Å²) in [7, 11) is 0. The van der Waals surface area contributed by atoms with Crippen molar-refractivity contribution in [1.29, 1.82) is 5.26 Å². The van der Waals surface area contributed by atoms with E-state index in [1.165, 1.54) is 18.3 Å². The molecular formula is C15H16N4O3S. The number of thiophene rings is 1. The highest BCUT2D eigenvalue weighted by atomic mass is 32.1. The molecule has 0 bridgehead atoms. The van der Waals surface area contributed by atoms with Gasteiger partial charge in [-0.05, 0) is 30.9 Å². The number of aromatic amines is 1. The van der Waals surface area contributed by atoms with Crippen LogP contribution in [0.3, 0.4) is 0 Å². The van der Waals surface area contributed by atoms with Crippen molar-refractivity contribution >= 4 is 28.2 Å². The van der Waals surface area contributed by atoms with Crippen molar-refractivity contribution in [2.75, 3.05) is 5.32 Å². The lowest BCUT2D eigenvalue weighted by molar-refractivity contribution is -0.123. The Labute approximate surface area is 137 Å². The lowest BCUT2D eigenvalue weighted by atomic mass is 10.2. The quantitative estimate of drug-likeness (QED) is 0.790. The molecule has 2 aromatic heterocycles. The molecule has 0 fully saturated rings. The van der Waals surface area contributed by atoms with Crippen LogP contribution in [0.1, 0.15) is 42.0 Å². The van der Waals surface area contributed by atoms with E-state index >= 15 is 0 Å². The average molecular weight is 332 g/mol. The van der Waals surface area contributed by atoms with Crippen LogP contribution in [-0.4, -0.2) is 28.2 Å². The highest BCUT2D eigenvalue weighted by Gasteiger charge is 2.21. The summed E-state index contributed by atoms with van der Waals surface area (Å²) in [5, 5.41) is 20.2. The summed E-state index contributed by atoms with van der Waals surface area (Å²) in [6, 6.07) is 5.20. The molecule has 23 heavy (non-hydrogen) atoms. The molecule has 0 aromatic carbocycles. The number of esters is 1. The number of rotatable bonds is 6. The molecule has 0 radical (unpaired) electrons. The van der Waals surface area contributed by atoms with Crippen molar-refractivity contribution in [2.45, 2.75) is 32.8 Å². The number of nitriles is 1. The van der Waals surface area contributed by atoms with Gasteiger partial charge in [-0.3, -0.25) is 9.89 Å². The van der Waals surface area contributed by atoms with Gasteiger partial charge in [0.05, 0.1) is 5.56 Å². The highest BCUT2D eigenvalue weighted by molar-refractivity contribution is 7.14. The van der Waals surface area contributed by atoms with Crippen molar-refractivity contribution in [3.63, 3.8) is 0 Å². The van der Waals surface area contributed by atoms with Crippen LogP contribution < -0.4 is 5.32 Å². The van der Waals surface area contributed by atoms with E-state index < -0.39 is 18.0 Å². The van der Waals surface area contributed by atoms with Crippen LogP contribution in [0.25, 0.3) is 0 Å². The molecule has 2 rings (SSSR count). The van der Waals surface area contributed by atoms with Gasteiger partial charge in [-0.15, -0.1) is 11.3 Å². The van der Waals surface area contributed by atoms with Gasteiger partial charge in [0.1, 0.15) is 11.1 Å². The number of nitrogens with zero attached hydrogens (tertiary/aromatic N) is 2. The van der Waals surface area contributed by atoms with Gasteiger partial charge in [-0.25, -0.2) is 4.79 Å². The van der Waals surface area contributed by atoms with Crippen molar-refractivity contribution in [3.05, 3.63) is 34.5 Å². The Morgan fingerprint density at radius 2 is 2.35 bits per heavy atom. The van der Waals surface area contributed by atoms with E-state index in [-0.39, 0.29) is 5.69 Å². The Hall–Kier alpha value is -2.66. The standard InChI is InChI=1S/C15H16N4O3S/c1-3-4-11-7-12(19-18-11)15(21)22-9(2)13(20)17-14-10(8-16)5-6-23-14/h5-7,9H,3-4H2,1-2H3,(H,17,20)(H,18,19). The highest BCUT2D eigenvalue weighted by Crippen LogP contribution is 2.22. The van der Waals surface area contributed by atoms with Crippen molar-refractivity contribution < 1.29 is 14.3 Å². The number of amides is 1. The summed E-state index contributed by atoms with van der Waals surface area (Å²) >= 11 is 1.23.